The molecule has 0 aliphatic heterocycles. The molecule has 1 N–H and O–H groups in total. The first-order valence-corrected chi connectivity index (χ1v) is 14.4. The van der Waals surface area contributed by atoms with Gasteiger partial charge >= 0.3 is 0 Å². The molecule has 3 rings (SSSR count). The zero-order valence-corrected chi connectivity index (χ0v) is 23.9. The highest BCUT2D eigenvalue weighted by atomic mass is 35.5. The predicted molar refractivity (Wildman–Crippen MR) is 152 cm³/mol. The van der Waals surface area contributed by atoms with E-state index < -0.39 is 28.5 Å². The van der Waals surface area contributed by atoms with E-state index in [0.717, 1.165) is 9.87 Å². The van der Waals surface area contributed by atoms with Gasteiger partial charge in [0.05, 0.1) is 10.6 Å². The van der Waals surface area contributed by atoms with Gasteiger partial charge in [0.2, 0.25) is 11.8 Å². The summed E-state index contributed by atoms with van der Waals surface area (Å²) in [7, 11) is -2.63. The Bertz CT molecular complexity index is 1380. The van der Waals surface area contributed by atoms with Crippen LogP contribution in [0, 0.1) is 0 Å². The van der Waals surface area contributed by atoms with Gasteiger partial charge in [0.1, 0.15) is 12.6 Å². The molecule has 0 unspecified atom stereocenters. The highest BCUT2D eigenvalue weighted by Gasteiger charge is 2.34. The van der Waals surface area contributed by atoms with Gasteiger partial charge in [-0.2, -0.15) is 0 Å². The van der Waals surface area contributed by atoms with Crippen LogP contribution in [0.4, 0.5) is 5.69 Å². The third kappa shape index (κ3) is 6.67. The van der Waals surface area contributed by atoms with Gasteiger partial charge in [-0.05, 0) is 54.3 Å². The molecule has 1 atom stereocenters. The second kappa shape index (κ2) is 13.1. The Morgan fingerprint density at radius 1 is 0.921 bits per heavy atom. The second-order valence-corrected chi connectivity index (χ2v) is 11.3. The number of para-hydroxylation sites is 1. The number of nitrogens with zero attached hydrogens (tertiary/aromatic N) is 2. The molecule has 2 amide bonds. The van der Waals surface area contributed by atoms with E-state index >= 15 is 0 Å². The van der Waals surface area contributed by atoms with Crippen molar-refractivity contribution < 1.29 is 18.0 Å². The molecule has 0 saturated heterocycles. The molecule has 7 nitrogen and oxygen atoms in total. The molecule has 0 bridgehead atoms. The fraction of sp³-hybridized carbons (Fsp3) is 0.286. The van der Waals surface area contributed by atoms with Gasteiger partial charge in [0.15, 0.2) is 0 Å². The summed E-state index contributed by atoms with van der Waals surface area (Å²) in [5.41, 5.74) is 1.76. The van der Waals surface area contributed by atoms with E-state index in [1.807, 2.05) is 19.1 Å². The Kier molecular flexibility index (Phi) is 10.2. The van der Waals surface area contributed by atoms with Gasteiger partial charge in [-0.1, -0.05) is 79.5 Å². The Balaban J connectivity index is 2.10. The van der Waals surface area contributed by atoms with Crippen LogP contribution < -0.4 is 9.62 Å². The van der Waals surface area contributed by atoms with Crippen LogP contribution in [0.25, 0.3) is 0 Å². The number of rotatable bonds is 11. The summed E-state index contributed by atoms with van der Waals surface area (Å²) in [6, 6.07) is 19.1. The van der Waals surface area contributed by atoms with Gasteiger partial charge in [-0.3, -0.25) is 13.9 Å². The minimum absolute atomic E-state index is 0.00455. The van der Waals surface area contributed by atoms with Crippen molar-refractivity contribution in [1.82, 2.24) is 10.2 Å². The number of hydrogen-bond acceptors (Lipinski definition) is 4. The fourth-order valence-electron chi connectivity index (χ4n) is 4.21. The Morgan fingerprint density at radius 3 is 2.18 bits per heavy atom. The third-order valence-corrected chi connectivity index (χ3v) is 8.60. The molecule has 0 aromatic heterocycles. The number of benzene rings is 3. The summed E-state index contributed by atoms with van der Waals surface area (Å²) in [5, 5.41) is 3.38. The number of carbonyl (C=O) groups is 2. The quantitative estimate of drug-likeness (QED) is 0.336. The number of carbonyl (C=O) groups excluding carboxylic acids is 2. The van der Waals surface area contributed by atoms with E-state index in [2.05, 4.69) is 5.32 Å². The molecule has 0 saturated carbocycles. The number of sulfonamides is 1. The van der Waals surface area contributed by atoms with Gasteiger partial charge in [0.25, 0.3) is 10.0 Å². The molecule has 0 aliphatic rings. The maximum absolute atomic E-state index is 14.0. The van der Waals surface area contributed by atoms with Crippen LogP contribution in [0.1, 0.15) is 31.4 Å². The van der Waals surface area contributed by atoms with E-state index in [-0.39, 0.29) is 17.3 Å². The highest BCUT2D eigenvalue weighted by Crippen LogP contribution is 2.29. The minimum atomic E-state index is -4.12. The van der Waals surface area contributed by atoms with Crippen LogP contribution in [0.2, 0.25) is 10.0 Å². The van der Waals surface area contributed by atoms with Crippen molar-refractivity contribution in [2.24, 2.45) is 0 Å². The predicted octanol–water partition coefficient (Wildman–Crippen LogP) is 5.30. The van der Waals surface area contributed by atoms with Crippen LogP contribution in [0.5, 0.6) is 0 Å². The lowest BCUT2D eigenvalue weighted by Gasteiger charge is -2.33. The molecular formula is C28H31Cl2N3O4S. The van der Waals surface area contributed by atoms with Crippen molar-refractivity contribution in [3.63, 3.8) is 0 Å². The lowest BCUT2D eigenvalue weighted by molar-refractivity contribution is -0.140. The Morgan fingerprint density at radius 2 is 1.58 bits per heavy atom. The Labute approximate surface area is 234 Å². The fourth-order valence-corrected chi connectivity index (χ4v) is 6.15. The van der Waals surface area contributed by atoms with E-state index in [1.54, 1.807) is 55.5 Å². The van der Waals surface area contributed by atoms with Gasteiger partial charge < -0.3 is 10.2 Å². The summed E-state index contributed by atoms with van der Waals surface area (Å²) in [6.45, 7) is 3.19. The molecule has 3 aromatic carbocycles. The third-order valence-electron chi connectivity index (χ3n) is 6.24. The van der Waals surface area contributed by atoms with Crippen molar-refractivity contribution in [1.29, 1.82) is 0 Å². The monoisotopic (exact) mass is 575 g/mol. The molecule has 0 heterocycles. The topological polar surface area (TPSA) is 86.8 Å². The maximum Gasteiger partial charge on any atom is 0.264 e. The minimum Gasteiger partial charge on any atom is -0.357 e. The summed E-state index contributed by atoms with van der Waals surface area (Å²) < 4.78 is 28.9. The summed E-state index contributed by atoms with van der Waals surface area (Å²) >= 11 is 12.5. The molecule has 0 spiro atoms. The number of aryl methyl sites for hydroxylation is 1. The van der Waals surface area contributed by atoms with Crippen LogP contribution in [0.3, 0.4) is 0 Å². The van der Waals surface area contributed by atoms with Crippen LogP contribution >= 0.6 is 23.2 Å². The summed E-state index contributed by atoms with van der Waals surface area (Å²) in [4.78, 5) is 28.2. The molecule has 202 valence electrons. The smallest absolute Gasteiger partial charge is 0.264 e. The Hall–Kier alpha value is -3.07. The van der Waals surface area contributed by atoms with Crippen LogP contribution in [0.15, 0.2) is 77.7 Å². The first kappa shape index (κ1) is 29.5. The zero-order chi connectivity index (χ0) is 27.9. The molecule has 0 radical (unpaired) electrons. The van der Waals surface area contributed by atoms with E-state index in [0.29, 0.717) is 34.1 Å². The average molecular weight is 577 g/mol. The number of likely N-dealkylation sites (N-methyl/N-ethyl adjacent to an activating group) is 1. The van der Waals surface area contributed by atoms with Crippen molar-refractivity contribution in [3.05, 3.63) is 94.0 Å². The number of amides is 2. The largest absolute Gasteiger partial charge is 0.357 e. The zero-order valence-electron chi connectivity index (χ0n) is 21.5. The van der Waals surface area contributed by atoms with Crippen molar-refractivity contribution in [2.75, 3.05) is 17.9 Å². The molecule has 38 heavy (non-hydrogen) atoms. The van der Waals surface area contributed by atoms with E-state index in [1.165, 1.54) is 24.1 Å². The lowest BCUT2D eigenvalue weighted by atomic mass is 10.1. The van der Waals surface area contributed by atoms with Crippen LogP contribution in [-0.4, -0.2) is 44.8 Å². The standard InChI is InChI=1S/C28H31Cl2N3O4S/c1-4-20-11-9-10-14-26(20)33(38(36,37)23-12-7-6-8-13-23)19-27(34)32(25(5-2)28(35)31-3)18-21-15-16-22(29)17-24(21)30/h6-17,25H,4-5,18-19H2,1-3H3,(H,31,35)/t25-/m0/s1. The van der Waals surface area contributed by atoms with Crippen molar-refractivity contribution in [2.45, 2.75) is 44.2 Å². The SMILES string of the molecule is CCc1ccccc1N(CC(=O)N(Cc1ccc(Cl)cc1Cl)[C@@H](CC)C(=O)NC)S(=O)(=O)c1ccccc1. The summed E-state index contributed by atoms with van der Waals surface area (Å²) in [5.74, 6) is -0.908. The number of halogens is 2. The molecule has 0 aliphatic carbocycles. The van der Waals surface area contributed by atoms with E-state index in [4.69, 9.17) is 23.2 Å². The number of hydrogen-bond donors (Lipinski definition) is 1. The maximum atomic E-state index is 14.0. The van der Waals surface area contributed by atoms with Gasteiger partial charge in [-0.15, -0.1) is 0 Å². The van der Waals surface area contributed by atoms with Crippen molar-refractivity contribution in [3.8, 4) is 0 Å². The number of anilines is 1. The van der Waals surface area contributed by atoms with E-state index in [9.17, 15) is 18.0 Å². The average Bonchev–Trinajstić information content (AvgIpc) is 2.92. The normalized spacial score (nSPS) is 12.0. The first-order valence-electron chi connectivity index (χ1n) is 12.2. The van der Waals surface area contributed by atoms with Gasteiger partial charge in [-0.25, -0.2) is 8.42 Å². The molecule has 0 fully saturated rings. The van der Waals surface area contributed by atoms with Crippen LogP contribution in [-0.2, 0) is 32.6 Å². The second-order valence-electron chi connectivity index (χ2n) is 8.60. The van der Waals surface area contributed by atoms with Crippen molar-refractivity contribution >= 4 is 50.7 Å². The first-order chi connectivity index (χ1) is 18.1. The van der Waals surface area contributed by atoms with Gasteiger partial charge in [0, 0.05) is 23.6 Å². The summed E-state index contributed by atoms with van der Waals surface area (Å²) in [6.07, 6.45) is 0.874. The molecule has 10 heteroatoms. The molecule has 3 aromatic rings. The highest BCUT2D eigenvalue weighted by molar-refractivity contribution is 7.92. The lowest BCUT2D eigenvalue weighted by Crippen LogP contribution is -2.51. The number of nitrogens with one attached hydrogen (secondary N) is 1. The molecular weight excluding hydrogens is 545 g/mol.